The van der Waals surface area contributed by atoms with E-state index in [0.717, 1.165) is 27.5 Å². The molecule has 0 radical (unpaired) electrons. The Morgan fingerprint density at radius 1 is 0.969 bits per heavy atom. The summed E-state index contributed by atoms with van der Waals surface area (Å²) in [7, 11) is 0. The predicted molar refractivity (Wildman–Crippen MR) is 127 cm³/mol. The fourth-order valence-corrected chi connectivity index (χ4v) is 3.69. The van der Waals surface area contributed by atoms with Crippen molar-refractivity contribution in [3.8, 4) is 11.4 Å². The van der Waals surface area contributed by atoms with Gasteiger partial charge < -0.3 is 10.1 Å². The number of rotatable bonds is 5. The smallest absolute Gasteiger partial charge is 0.262 e. The van der Waals surface area contributed by atoms with Gasteiger partial charge in [-0.2, -0.15) is 0 Å². The number of nitrogens with zero attached hydrogens (tertiary/aromatic N) is 3. The van der Waals surface area contributed by atoms with Crippen LogP contribution in [-0.2, 0) is 4.79 Å². The fraction of sp³-hybridized carbons (Fsp3) is 0.0800. The van der Waals surface area contributed by atoms with Crippen LogP contribution in [0.25, 0.3) is 27.5 Å². The number of halogens is 1. The van der Waals surface area contributed by atoms with Crippen molar-refractivity contribution >= 4 is 45.0 Å². The van der Waals surface area contributed by atoms with E-state index in [2.05, 4.69) is 33.7 Å². The first kappa shape index (κ1) is 20.0. The molecule has 4 aromatic carbocycles. The van der Waals surface area contributed by atoms with Gasteiger partial charge in [0, 0.05) is 16.1 Å². The molecule has 1 N–H and O–H groups in total. The number of carbonyl (C=O) groups is 1. The molecular formula is C25H19ClN4O2. The van der Waals surface area contributed by atoms with Crippen LogP contribution in [-0.4, -0.2) is 27.5 Å². The first-order valence-electron chi connectivity index (χ1n) is 10.1. The highest BCUT2D eigenvalue weighted by Crippen LogP contribution is 2.25. The van der Waals surface area contributed by atoms with E-state index in [4.69, 9.17) is 16.3 Å². The van der Waals surface area contributed by atoms with Gasteiger partial charge in [0.1, 0.15) is 16.8 Å². The van der Waals surface area contributed by atoms with Crippen LogP contribution < -0.4 is 10.1 Å². The number of anilines is 1. The third kappa shape index (κ3) is 4.00. The number of fused-ring (bicyclic) bond motifs is 2. The Balaban J connectivity index is 1.38. The van der Waals surface area contributed by atoms with E-state index in [1.807, 2.05) is 43.3 Å². The standard InChI is InChI=1S/C25H19ClN4O2/c1-16-13-22-23(14-21(16)27-25(31)15-32-19-11-9-18(26)10-12-19)29-30(28-22)24-8-4-6-17-5-2-3-7-20(17)24/h2-14H,15H2,1H3,(H,27,31). The van der Waals surface area contributed by atoms with Crippen LogP contribution in [0, 0.1) is 6.92 Å². The summed E-state index contributed by atoms with van der Waals surface area (Å²) < 4.78 is 5.52. The minimum Gasteiger partial charge on any atom is -0.484 e. The van der Waals surface area contributed by atoms with Gasteiger partial charge in [-0.3, -0.25) is 4.79 Å². The zero-order valence-electron chi connectivity index (χ0n) is 17.2. The number of ether oxygens (including phenoxy) is 1. The Morgan fingerprint density at radius 2 is 1.69 bits per heavy atom. The lowest BCUT2D eigenvalue weighted by Crippen LogP contribution is -2.20. The normalized spacial score (nSPS) is 11.1. The maximum atomic E-state index is 12.4. The largest absolute Gasteiger partial charge is 0.484 e. The second kappa shape index (κ2) is 8.32. The van der Waals surface area contributed by atoms with Gasteiger partial charge in [0.15, 0.2) is 6.61 Å². The molecule has 0 saturated carbocycles. The summed E-state index contributed by atoms with van der Waals surface area (Å²) >= 11 is 5.87. The van der Waals surface area contributed by atoms with E-state index in [0.29, 0.717) is 22.0 Å². The molecule has 7 heteroatoms. The molecule has 5 aromatic rings. The van der Waals surface area contributed by atoms with Gasteiger partial charge in [0.05, 0.1) is 5.69 Å². The van der Waals surface area contributed by atoms with Gasteiger partial charge in [-0.05, 0) is 60.3 Å². The van der Waals surface area contributed by atoms with Crippen LogP contribution in [0.3, 0.4) is 0 Å². The van der Waals surface area contributed by atoms with Gasteiger partial charge in [0.25, 0.3) is 5.91 Å². The Kier molecular flexibility index (Phi) is 5.21. The highest BCUT2D eigenvalue weighted by molar-refractivity contribution is 6.30. The van der Waals surface area contributed by atoms with Crippen molar-refractivity contribution in [2.75, 3.05) is 11.9 Å². The van der Waals surface area contributed by atoms with Crippen LogP contribution >= 0.6 is 11.6 Å². The van der Waals surface area contributed by atoms with E-state index in [1.165, 1.54) is 0 Å². The number of aromatic nitrogens is 3. The predicted octanol–water partition coefficient (Wildman–Crippen LogP) is 5.55. The van der Waals surface area contributed by atoms with E-state index in [1.54, 1.807) is 29.1 Å². The number of benzene rings is 4. The molecular weight excluding hydrogens is 424 g/mol. The van der Waals surface area contributed by atoms with Crippen molar-refractivity contribution in [3.05, 3.63) is 89.4 Å². The summed E-state index contributed by atoms with van der Waals surface area (Å²) in [5, 5.41) is 15.0. The van der Waals surface area contributed by atoms with Crippen LogP contribution in [0.5, 0.6) is 5.75 Å². The number of nitrogens with one attached hydrogen (secondary N) is 1. The number of aryl methyl sites for hydroxylation is 1. The molecule has 0 atom stereocenters. The molecule has 158 valence electrons. The average molecular weight is 443 g/mol. The van der Waals surface area contributed by atoms with Gasteiger partial charge in [-0.25, -0.2) is 0 Å². The van der Waals surface area contributed by atoms with E-state index >= 15 is 0 Å². The Bertz CT molecular complexity index is 1440. The first-order valence-corrected chi connectivity index (χ1v) is 10.5. The molecule has 0 aliphatic heterocycles. The highest BCUT2D eigenvalue weighted by atomic mass is 35.5. The van der Waals surface area contributed by atoms with Crippen LogP contribution in [0.4, 0.5) is 5.69 Å². The molecule has 0 saturated heterocycles. The molecule has 5 rings (SSSR count). The van der Waals surface area contributed by atoms with Crippen molar-refractivity contribution in [2.24, 2.45) is 0 Å². The minimum absolute atomic E-state index is 0.109. The number of hydrogen-bond donors (Lipinski definition) is 1. The fourth-order valence-electron chi connectivity index (χ4n) is 3.56. The van der Waals surface area contributed by atoms with Crippen LogP contribution in [0.1, 0.15) is 5.56 Å². The average Bonchev–Trinajstić information content (AvgIpc) is 3.21. The molecule has 0 fully saturated rings. The van der Waals surface area contributed by atoms with Gasteiger partial charge in [0.2, 0.25) is 0 Å². The molecule has 1 heterocycles. The second-order valence-corrected chi connectivity index (χ2v) is 7.87. The summed E-state index contributed by atoms with van der Waals surface area (Å²) in [4.78, 5) is 14.1. The summed E-state index contributed by atoms with van der Waals surface area (Å²) in [6, 6.07) is 24.8. The molecule has 0 bridgehead atoms. The summed E-state index contributed by atoms with van der Waals surface area (Å²) in [5.41, 5.74) is 3.91. The summed E-state index contributed by atoms with van der Waals surface area (Å²) in [6.07, 6.45) is 0. The third-order valence-corrected chi connectivity index (χ3v) is 5.42. The SMILES string of the molecule is Cc1cc2nn(-c3cccc4ccccc34)nc2cc1NC(=O)COc1ccc(Cl)cc1. The Labute approximate surface area is 189 Å². The minimum atomic E-state index is -0.260. The lowest BCUT2D eigenvalue weighted by Gasteiger charge is -2.09. The first-order chi connectivity index (χ1) is 15.6. The Morgan fingerprint density at radius 3 is 2.50 bits per heavy atom. The molecule has 0 aliphatic carbocycles. The molecule has 0 aliphatic rings. The van der Waals surface area contributed by atoms with Crippen LogP contribution in [0.15, 0.2) is 78.9 Å². The second-order valence-electron chi connectivity index (χ2n) is 7.43. The zero-order chi connectivity index (χ0) is 22.1. The maximum absolute atomic E-state index is 12.4. The number of amides is 1. The molecule has 0 spiro atoms. The quantitative estimate of drug-likeness (QED) is 0.387. The molecule has 0 unspecified atom stereocenters. The maximum Gasteiger partial charge on any atom is 0.262 e. The van der Waals surface area contributed by atoms with E-state index in [-0.39, 0.29) is 12.5 Å². The summed E-state index contributed by atoms with van der Waals surface area (Å²) in [5.74, 6) is 0.318. The van der Waals surface area contributed by atoms with Crippen molar-refractivity contribution in [2.45, 2.75) is 6.92 Å². The lowest BCUT2D eigenvalue weighted by molar-refractivity contribution is -0.118. The lowest BCUT2D eigenvalue weighted by atomic mass is 10.1. The Hall–Kier alpha value is -3.90. The molecule has 32 heavy (non-hydrogen) atoms. The van der Waals surface area contributed by atoms with Crippen molar-refractivity contribution in [1.29, 1.82) is 0 Å². The molecule has 6 nitrogen and oxygen atoms in total. The van der Waals surface area contributed by atoms with Crippen LogP contribution in [0.2, 0.25) is 5.02 Å². The summed E-state index contributed by atoms with van der Waals surface area (Å²) in [6.45, 7) is 1.81. The molecule has 1 amide bonds. The van der Waals surface area contributed by atoms with Crippen molar-refractivity contribution in [1.82, 2.24) is 15.0 Å². The monoisotopic (exact) mass is 442 g/mol. The number of carbonyl (C=O) groups excluding carboxylic acids is 1. The van der Waals surface area contributed by atoms with Crippen molar-refractivity contribution in [3.63, 3.8) is 0 Å². The van der Waals surface area contributed by atoms with E-state index in [9.17, 15) is 4.79 Å². The van der Waals surface area contributed by atoms with Gasteiger partial charge >= 0.3 is 0 Å². The zero-order valence-corrected chi connectivity index (χ0v) is 18.0. The topological polar surface area (TPSA) is 69.0 Å². The number of hydrogen-bond acceptors (Lipinski definition) is 4. The van der Waals surface area contributed by atoms with Crippen molar-refractivity contribution < 1.29 is 9.53 Å². The highest BCUT2D eigenvalue weighted by Gasteiger charge is 2.12. The van der Waals surface area contributed by atoms with E-state index < -0.39 is 0 Å². The molecule has 1 aromatic heterocycles. The third-order valence-electron chi connectivity index (χ3n) is 5.17. The van der Waals surface area contributed by atoms with Gasteiger partial charge in [-0.15, -0.1) is 15.0 Å². The van der Waals surface area contributed by atoms with Gasteiger partial charge in [-0.1, -0.05) is 48.0 Å².